The van der Waals surface area contributed by atoms with E-state index < -0.39 is 11.6 Å². The Kier molecular flexibility index (Phi) is 4.92. The minimum atomic E-state index is -0.668. The number of aromatic nitrogens is 1. The Morgan fingerprint density at radius 3 is 2.52 bits per heavy atom. The number of halogens is 4. The van der Waals surface area contributed by atoms with E-state index in [1.54, 1.807) is 23.1 Å². The molecule has 4 nitrogen and oxygen atoms in total. The van der Waals surface area contributed by atoms with Crippen molar-refractivity contribution in [3.8, 4) is 0 Å². The first-order valence-corrected chi connectivity index (χ1v) is 9.74. The number of anilines is 1. The van der Waals surface area contributed by atoms with E-state index >= 15 is 0 Å². The Hall–Kier alpha value is -1.96. The van der Waals surface area contributed by atoms with Gasteiger partial charge in [0.1, 0.15) is 11.3 Å². The van der Waals surface area contributed by atoms with E-state index in [0.29, 0.717) is 51.6 Å². The van der Waals surface area contributed by atoms with Gasteiger partial charge >= 0.3 is 0 Å². The number of piperazine rings is 1. The quantitative estimate of drug-likeness (QED) is 0.586. The summed E-state index contributed by atoms with van der Waals surface area (Å²) in [5.41, 5.74) is 0.579. The predicted molar refractivity (Wildman–Crippen MR) is 104 cm³/mol. The lowest BCUT2D eigenvalue weighted by atomic mass is 10.2. The van der Waals surface area contributed by atoms with Crippen LogP contribution < -0.4 is 4.90 Å². The Balaban J connectivity index is 1.49. The van der Waals surface area contributed by atoms with Crippen molar-refractivity contribution >= 4 is 55.8 Å². The van der Waals surface area contributed by atoms with Gasteiger partial charge in [0.25, 0.3) is 5.91 Å². The Bertz CT molecular complexity index is 1030. The number of fused-ring (bicyclic) bond motifs is 1. The summed E-state index contributed by atoms with van der Waals surface area (Å²) in [6.45, 7) is 2.04. The lowest BCUT2D eigenvalue weighted by molar-refractivity contribution is 0.0747. The molecule has 0 N–H and O–H groups in total. The molecule has 1 aromatic heterocycles. The Labute approximate surface area is 167 Å². The second-order valence-corrected chi connectivity index (χ2v) is 7.99. The van der Waals surface area contributed by atoms with Gasteiger partial charge in [-0.05, 0) is 24.3 Å². The molecule has 140 valence electrons. The average molecular weight is 428 g/mol. The molecular formula is C18H13Cl2F2N3OS. The largest absolute Gasteiger partial charge is 0.345 e. The molecule has 1 amide bonds. The number of amides is 1. The van der Waals surface area contributed by atoms with Crippen LogP contribution in [-0.2, 0) is 0 Å². The van der Waals surface area contributed by atoms with Gasteiger partial charge in [-0.1, -0.05) is 34.5 Å². The van der Waals surface area contributed by atoms with Crippen LogP contribution in [0.3, 0.4) is 0 Å². The number of hydrogen-bond donors (Lipinski definition) is 0. The fourth-order valence-electron chi connectivity index (χ4n) is 3.01. The first-order valence-electron chi connectivity index (χ1n) is 8.17. The van der Waals surface area contributed by atoms with Crippen LogP contribution in [0.15, 0.2) is 30.3 Å². The van der Waals surface area contributed by atoms with Gasteiger partial charge in [0.05, 0.1) is 15.3 Å². The minimum absolute atomic E-state index is 0.159. The molecule has 0 bridgehead atoms. The molecule has 0 aliphatic carbocycles. The molecule has 3 aromatic rings. The van der Waals surface area contributed by atoms with Gasteiger partial charge in [0, 0.05) is 37.3 Å². The maximum Gasteiger partial charge on any atom is 0.255 e. The van der Waals surface area contributed by atoms with Gasteiger partial charge in [-0.15, -0.1) is 0 Å². The van der Waals surface area contributed by atoms with E-state index in [9.17, 15) is 13.6 Å². The summed E-state index contributed by atoms with van der Waals surface area (Å²) in [5.74, 6) is -1.45. The van der Waals surface area contributed by atoms with E-state index in [1.165, 1.54) is 17.4 Å². The molecule has 0 spiro atoms. The van der Waals surface area contributed by atoms with Crippen LogP contribution in [0.2, 0.25) is 10.0 Å². The van der Waals surface area contributed by atoms with Crippen molar-refractivity contribution in [3.63, 3.8) is 0 Å². The topological polar surface area (TPSA) is 36.4 Å². The highest BCUT2D eigenvalue weighted by Gasteiger charge is 2.25. The van der Waals surface area contributed by atoms with Gasteiger partial charge in [0.2, 0.25) is 0 Å². The second kappa shape index (κ2) is 7.22. The highest BCUT2D eigenvalue weighted by molar-refractivity contribution is 7.22. The third kappa shape index (κ3) is 3.59. The fourth-order valence-corrected chi connectivity index (χ4v) is 4.56. The summed E-state index contributed by atoms with van der Waals surface area (Å²) in [4.78, 5) is 20.6. The zero-order valence-electron chi connectivity index (χ0n) is 13.9. The Morgan fingerprint density at radius 1 is 1.07 bits per heavy atom. The predicted octanol–water partition coefficient (Wildman–Crippen LogP) is 4.84. The number of thiazole rings is 1. The lowest BCUT2D eigenvalue weighted by Crippen LogP contribution is -2.48. The van der Waals surface area contributed by atoms with Crippen molar-refractivity contribution in [3.05, 3.63) is 57.6 Å². The second-order valence-electron chi connectivity index (χ2n) is 6.13. The summed E-state index contributed by atoms with van der Waals surface area (Å²) in [5, 5.41) is 1.41. The van der Waals surface area contributed by atoms with E-state index in [4.69, 9.17) is 23.2 Å². The molecular weight excluding hydrogens is 415 g/mol. The number of carbonyl (C=O) groups is 1. The van der Waals surface area contributed by atoms with E-state index in [-0.39, 0.29) is 11.4 Å². The molecule has 1 aliphatic heterocycles. The van der Waals surface area contributed by atoms with Crippen molar-refractivity contribution in [2.45, 2.75) is 0 Å². The highest BCUT2D eigenvalue weighted by atomic mass is 35.5. The van der Waals surface area contributed by atoms with E-state index in [0.717, 1.165) is 6.07 Å². The number of rotatable bonds is 2. The lowest BCUT2D eigenvalue weighted by Gasteiger charge is -2.34. The monoisotopic (exact) mass is 427 g/mol. The normalized spacial score (nSPS) is 14.8. The van der Waals surface area contributed by atoms with Gasteiger partial charge < -0.3 is 9.80 Å². The van der Waals surface area contributed by atoms with Crippen LogP contribution in [0, 0.1) is 11.6 Å². The molecule has 1 fully saturated rings. The Morgan fingerprint density at radius 2 is 1.81 bits per heavy atom. The van der Waals surface area contributed by atoms with Crippen molar-refractivity contribution in [2.24, 2.45) is 0 Å². The number of nitrogens with zero attached hydrogens (tertiary/aromatic N) is 3. The molecule has 0 saturated carbocycles. The van der Waals surface area contributed by atoms with Gasteiger partial charge in [-0.2, -0.15) is 0 Å². The molecule has 27 heavy (non-hydrogen) atoms. The molecule has 1 saturated heterocycles. The first-order chi connectivity index (χ1) is 12.9. The van der Waals surface area contributed by atoms with E-state index in [1.807, 2.05) is 4.90 Å². The SMILES string of the molecule is O=C(c1ccc(Cl)cc1Cl)N1CCN(c2nc3c(F)cc(F)cc3s2)CC1. The maximum atomic E-state index is 13.9. The summed E-state index contributed by atoms with van der Waals surface area (Å²) < 4.78 is 27.7. The molecule has 9 heteroatoms. The van der Waals surface area contributed by atoms with Crippen molar-refractivity contribution < 1.29 is 13.6 Å². The first kappa shape index (κ1) is 18.4. The van der Waals surface area contributed by atoms with Crippen LogP contribution in [0.4, 0.5) is 13.9 Å². The molecule has 4 rings (SSSR count). The van der Waals surface area contributed by atoms with Crippen LogP contribution in [0.1, 0.15) is 10.4 Å². The third-order valence-electron chi connectivity index (χ3n) is 4.40. The van der Waals surface area contributed by atoms with Crippen LogP contribution in [0.25, 0.3) is 10.2 Å². The fraction of sp³-hybridized carbons (Fsp3) is 0.222. The maximum absolute atomic E-state index is 13.9. The summed E-state index contributed by atoms with van der Waals surface area (Å²) in [6.07, 6.45) is 0. The number of benzene rings is 2. The molecule has 0 atom stereocenters. The van der Waals surface area contributed by atoms with Crippen molar-refractivity contribution in [2.75, 3.05) is 31.1 Å². The highest BCUT2D eigenvalue weighted by Crippen LogP contribution is 2.32. The smallest absolute Gasteiger partial charge is 0.255 e. The van der Waals surface area contributed by atoms with Crippen molar-refractivity contribution in [1.29, 1.82) is 0 Å². The number of hydrogen-bond acceptors (Lipinski definition) is 4. The molecule has 1 aliphatic rings. The van der Waals surface area contributed by atoms with Gasteiger partial charge in [-0.25, -0.2) is 13.8 Å². The summed E-state index contributed by atoms with van der Waals surface area (Å²) >= 11 is 13.2. The summed E-state index contributed by atoms with van der Waals surface area (Å²) in [6, 6.07) is 6.90. The molecule has 0 unspecified atom stereocenters. The average Bonchev–Trinajstić information content (AvgIpc) is 3.06. The molecule has 0 radical (unpaired) electrons. The summed E-state index contributed by atoms with van der Waals surface area (Å²) in [7, 11) is 0. The van der Waals surface area contributed by atoms with Crippen LogP contribution in [-0.4, -0.2) is 42.0 Å². The van der Waals surface area contributed by atoms with E-state index in [2.05, 4.69) is 4.98 Å². The van der Waals surface area contributed by atoms with Crippen LogP contribution >= 0.6 is 34.5 Å². The standard InChI is InChI=1S/C18H13Cl2F2N3OS/c19-10-1-2-12(13(20)7-10)17(26)24-3-5-25(6-4-24)18-23-16-14(22)8-11(21)9-15(16)27-18/h1-2,7-9H,3-6H2. The van der Waals surface area contributed by atoms with Crippen LogP contribution in [0.5, 0.6) is 0 Å². The molecule has 2 aromatic carbocycles. The zero-order chi connectivity index (χ0) is 19.1. The molecule has 2 heterocycles. The zero-order valence-corrected chi connectivity index (χ0v) is 16.2. The minimum Gasteiger partial charge on any atom is -0.345 e. The van der Waals surface area contributed by atoms with Gasteiger partial charge in [-0.3, -0.25) is 4.79 Å². The number of carbonyl (C=O) groups excluding carboxylic acids is 1. The van der Waals surface area contributed by atoms with Crippen molar-refractivity contribution in [1.82, 2.24) is 9.88 Å². The van der Waals surface area contributed by atoms with Gasteiger partial charge in [0.15, 0.2) is 10.9 Å². The third-order valence-corrected chi connectivity index (χ3v) is 6.01.